The molecule has 0 aliphatic rings. The Labute approximate surface area is 167 Å². The second-order valence-corrected chi connectivity index (χ2v) is 7.88. The summed E-state index contributed by atoms with van der Waals surface area (Å²) < 4.78 is 5.13. The fourth-order valence-corrected chi connectivity index (χ4v) is 3.14. The highest BCUT2D eigenvalue weighted by Gasteiger charge is 1.97. The molecular formula is C26H40O. The summed E-state index contributed by atoms with van der Waals surface area (Å²) in [4.78, 5) is 0. The molecule has 0 N–H and O–H groups in total. The van der Waals surface area contributed by atoms with Crippen LogP contribution in [0.1, 0.15) is 91.5 Å². The average molecular weight is 369 g/mol. The molecule has 0 unspecified atom stereocenters. The van der Waals surface area contributed by atoms with E-state index in [2.05, 4.69) is 65.0 Å². The Hall–Kier alpha value is -1.76. The van der Waals surface area contributed by atoms with Crippen molar-refractivity contribution in [3.8, 4) is 0 Å². The monoisotopic (exact) mass is 368 g/mol. The third-order valence-corrected chi connectivity index (χ3v) is 4.98. The summed E-state index contributed by atoms with van der Waals surface area (Å²) >= 11 is 0. The van der Waals surface area contributed by atoms with Gasteiger partial charge in [-0.25, -0.2) is 0 Å². The van der Waals surface area contributed by atoms with Gasteiger partial charge in [-0.05, 0) is 97.1 Å². The summed E-state index contributed by atoms with van der Waals surface area (Å²) in [7, 11) is 0. The smallest absolute Gasteiger partial charge is 0.0934 e. The minimum absolute atomic E-state index is 1.08. The van der Waals surface area contributed by atoms with Gasteiger partial charge in [-0.1, -0.05) is 53.5 Å². The first-order valence-corrected chi connectivity index (χ1v) is 10.6. The minimum atomic E-state index is 1.08. The van der Waals surface area contributed by atoms with Gasteiger partial charge in [-0.3, -0.25) is 0 Å². The summed E-state index contributed by atoms with van der Waals surface area (Å²) in [5, 5.41) is 0. The summed E-state index contributed by atoms with van der Waals surface area (Å²) in [6, 6.07) is 2.06. The summed E-state index contributed by atoms with van der Waals surface area (Å²) in [6.45, 7) is 11.2. The molecule has 0 atom stereocenters. The van der Waals surface area contributed by atoms with Gasteiger partial charge >= 0.3 is 0 Å². The van der Waals surface area contributed by atoms with Crippen LogP contribution in [0.15, 0.2) is 69.6 Å². The molecule has 27 heavy (non-hydrogen) atoms. The maximum atomic E-state index is 5.13. The van der Waals surface area contributed by atoms with Gasteiger partial charge in [0.25, 0.3) is 0 Å². The SMILES string of the molecule is CC/C(=C\CCc1ccoc1)CC/C=C(\C)CC/C=C(\C)CCC=C(C)C. The van der Waals surface area contributed by atoms with E-state index in [-0.39, 0.29) is 0 Å². The second kappa shape index (κ2) is 14.3. The standard InChI is InChI=1S/C26H40O/c1-6-25(17-10-18-26-19-20-27-21-26)16-9-15-24(5)14-8-13-23(4)12-7-11-22(2)3/h11,13,15,17,19-21H,6-10,12,14,16,18H2,1-5H3/b23-13+,24-15+,25-17+. The summed E-state index contributed by atoms with van der Waals surface area (Å²) in [5.74, 6) is 0. The number of hydrogen-bond donors (Lipinski definition) is 0. The molecular weight excluding hydrogens is 328 g/mol. The van der Waals surface area contributed by atoms with E-state index in [1.807, 2.05) is 6.26 Å². The molecule has 0 aliphatic heterocycles. The predicted octanol–water partition coefficient (Wildman–Crippen LogP) is 8.75. The van der Waals surface area contributed by atoms with Gasteiger partial charge in [0.1, 0.15) is 0 Å². The Morgan fingerprint density at radius 1 is 0.815 bits per heavy atom. The van der Waals surface area contributed by atoms with E-state index in [0.717, 1.165) is 19.3 Å². The largest absolute Gasteiger partial charge is 0.472 e. The van der Waals surface area contributed by atoms with Crippen molar-refractivity contribution >= 4 is 0 Å². The van der Waals surface area contributed by atoms with Crippen LogP contribution in [0.4, 0.5) is 0 Å². The van der Waals surface area contributed by atoms with Crippen LogP contribution in [0, 0.1) is 0 Å². The van der Waals surface area contributed by atoms with Crippen LogP contribution in [0.5, 0.6) is 0 Å². The maximum absolute atomic E-state index is 5.13. The molecule has 0 saturated heterocycles. The van der Waals surface area contributed by atoms with E-state index < -0.39 is 0 Å². The average Bonchev–Trinajstić information content (AvgIpc) is 3.13. The lowest BCUT2D eigenvalue weighted by molar-refractivity contribution is 0.564. The molecule has 1 aromatic heterocycles. The number of furan rings is 1. The lowest BCUT2D eigenvalue weighted by atomic mass is 10.0. The molecule has 1 rings (SSSR count). The number of allylic oxidation sites excluding steroid dienone is 8. The normalized spacial score (nSPS) is 13.1. The van der Waals surface area contributed by atoms with Gasteiger partial charge in [0.2, 0.25) is 0 Å². The topological polar surface area (TPSA) is 13.1 Å². The van der Waals surface area contributed by atoms with Crippen LogP contribution in [-0.2, 0) is 6.42 Å². The quantitative estimate of drug-likeness (QED) is 0.317. The van der Waals surface area contributed by atoms with Gasteiger partial charge in [-0.15, -0.1) is 0 Å². The van der Waals surface area contributed by atoms with Crippen LogP contribution in [0.25, 0.3) is 0 Å². The molecule has 0 aromatic carbocycles. The van der Waals surface area contributed by atoms with Crippen LogP contribution in [0.2, 0.25) is 0 Å². The number of rotatable bonds is 13. The highest BCUT2D eigenvalue weighted by Crippen LogP contribution is 2.16. The van der Waals surface area contributed by atoms with E-state index in [9.17, 15) is 0 Å². The Kier molecular flexibility index (Phi) is 12.3. The predicted molar refractivity (Wildman–Crippen MR) is 120 cm³/mol. The highest BCUT2D eigenvalue weighted by molar-refractivity contribution is 5.10. The van der Waals surface area contributed by atoms with Crippen LogP contribution in [-0.4, -0.2) is 0 Å². The molecule has 150 valence electrons. The van der Waals surface area contributed by atoms with Crippen molar-refractivity contribution in [2.24, 2.45) is 0 Å². The van der Waals surface area contributed by atoms with Gasteiger partial charge < -0.3 is 4.42 Å². The molecule has 1 aromatic rings. The third-order valence-electron chi connectivity index (χ3n) is 4.98. The summed E-state index contributed by atoms with van der Waals surface area (Å²) in [5.41, 5.74) is 7.34. The van der Waals surface area contributed by atoms with E-state index in [0.29, 0.717) is 0 Å². The molecule has 0 amide bonds. The number of aryl methyl sites for hydroxylation is 1. The van der Waals surface area contributed by atoms with Crippen molar-refractivity contribution in [2.45, 2.75) is 92.4 Å². The highest BCUT2D eigenvalue weighted by atomic mass is 16.3. The lowest BCUT2D eigenvalue weighted by Crippen LogP contribution is -1.86. The molecule has 0 saturated carbocycles. The van der Waals surface area contributed by atoms with Crippen molar-refractivity contribution in [3.05, 3.63) is 70.8 Å². The second-order valence-electron chi connectivity index (χ2n) is 7.88. The Balaban J connectivity index is 2.26. The first-order valence-electron chi connectivity index (χ1n) is 10.6. The van der Waals surface area contributed by atoms with Gasteiger partial charge in [-0.2, -0.15) is 0 Å². The number of hydrogen-bond acceptors (Lipinski definition) is 1. The zero-order chi connectivity index (χ0) is 19.9. The molecule has 0 radical (unpaired) electrons. The molecule has 1 heterocycles. The first kappa shape index (κ1) is 23.3. The van der Waals surface area contributed by atoms with Crippen molar-refractivity contribution in [2.75, 3.05) is 0 Å². The zero-order valence-electron chi connectivity index (χ0n) is 18.3. The molecule has 0 spiro atoms. The van der Waals surface area contributed by atoms with Crippen LogP contribution < -0.4 is 0 Å². The van der Waals surface area contributed by atoms with Crippen LogP contribution >= 0.6 is 0 Å². The van der Waals surface area contributed by atoms with Gasteiger partial charge in [0.15, 0.2) is 0 Å². The first-order chi connectivity index (χ1) is 13.0. The molecule has 1 nitrogen and oxygen atoms in total. The van der Waals surface area contributed by atoms with Crippen molar-refractivity contribution in [1.82, 2.24) is 0 Å². The maximum Gasteiger partial charge on any atom is 0.0934 e. The molecule has 0 bridgehead atoms. The molecule has 0 aliphatic carbocycles. The van der Waals surface area contributed by atoms with E-state index in [1.165, 1.54) is 60.8 Å². The zero-order valence-corrected chi connectivity index (χ0v) is 18.3. The fourth-order valence-electron chi connectivity index (χ4n) is 3.14. The van der Waals surface area contributed by atoms with E-state index in [4.69, 9.17) is 4.42 Å². The van der Waals surface area contributed by atoms with Gasteiger partial charge in [0.05, 0.1) is 12.5 Å². The Morgan fingerprint density at radius 2 is 1.44 bits per heavy atom. The lowest BCUT2D eigenvalue weighted by Gasteiger charge is -2.04. The van der Waals surface area contributed by atoms with E-state index in [1.54, 1.807) is 11.8 Å². The Bertz CT molecular complexity index is 619. The molecule has 1 heteroatoms. The summed E-state index contributed by atoms with van der Waals surface area (Å²) in [6.07, 6.45) is 23.6. The molecule has 0 fully saturated rings. The Morgan fingerprint density at radius 3 is 2.00 bits per heavy atom. The van der Waals surface area contributed by atoms with E-state index >= 15 is 0 Å². The third kappa shape index (κ3) is 12.3. The van der Waals surface area contributed by atoms with Crippen molar-refractivity contribution < 1.29 is 4.42 Å². The van der Waals surface area contributed by atoms with Crippen molar-refractivity contribution in [1.29, 1.82) is 0 Å². The van der Waals surface area contributed by atoms with Crippen molar-refractivity contribution in [3.63, 3.8) is 0 Å². The minimum Gasteiger partial charge on any atom is -0.472 e. The van der Waals surface area contributed by atoms with Gasteiger partial charge in [0, 0.05) is 0 Å². The van der Waals surface area contributed by atoms with Crippen LogP contribution in [0.3, 0.4) is 0 Å². The fraction of sp³-hybridized carbons (Fsp3) is 0.538.